The number of ether oxygens (including phenoxy) is 2. The van der Waals surface area contributed by atoms with Gasteiger partial charge in [0, 0.05) is 17.4 Å². The van der Waals surface area contributed by atoms with Crippen LogP contribution in [0.15, 0.2) is 53.6 Å². The number of halogens is 1. The highest BCUT2D eigenvalue weighted by Crippen LogP contribution is 2.39. The van der Waals surface area contributed by atoms with E-state index in [-0.39, 0.29) is 5.15 Å². The minimum absolute atomic E-state index is 0.251. The first-order valence-electron chi connectivity index (χ1n) is 9.74. The lowest BCUT2D eigenvalue weighted by Crippen LogP contribution is -2.26. The monoisotopic (exact) mass is 459 g/mol. The Morgan fingerprint density at radius 2 is 1.84 bits per heavy atom. The van der Waals surface area contributed by atoms with Crippen LogP contribution >= 0.6 is 11.6 Å². The highest BCUT2D eigenvalue weighted by atomic mass is 35.5. The Balaban J connectivity index is 1.76. The largest absolute Gasteiger partial charge is 0.497 e. The van der Waals surface area contributed by atoms with Crippen LogP contribution in [0.5, 0.6) is 11.5 Å². The second-order valence-electron chi connectivity index (χ2n) is 7.19. The maximum atomic E-state index is 12.5. The third-order valence-corrected chi connectivity index (χ3v) is 6.39. The molecular weight excluding hydrogens is 438 g/mol. The van der Waals surface area contributed by atoms with E-state index in [1.807, 2.05) is 55.5 Å². The van der Waals surface area contributed by atoms with E-state index in [9.17, 15) is 8.42 Å². The van der Waals surface area contributed by atoms with Crippen LogP contribution in [0.25, 0.3) is 10.9 Å². The number of aromatic nitrogens is 1. The van der Waals surface area contributed by atoms with Crippen molar-refractivity contribution < 1.29 is 17.9 Å². The number of fused-ring (bicyclic) bond motifs is 1. The first kappa shape index (κ1) is 21.4. The topological polar surface area (TPSA) is 81.1 Å². The van der Waals surface area contributed by atoms with Gasteiger partial charge in [0.15, 0.2) is 0 Å². The fourth-order valence-electron chi connectivity index (χ4n) is 3.62. The Kier molecular flexibility index (Phi) is 5.77. The second kappa shape index (κ2) is 8.36. The third-order valence-electron chi connectivity index (χ3n) is 5.07. The van der Waals surface area contributed by atoms with Crippen LogP contribution < -0.4 is 9.47 Å². The molecule has 0 bridgehead atoms. The molecule has 3 aromatic rings. The quantitative estimate of drug-likeness (QED) is 0.510. The number of rotatable bonds is 6. The Morgan fingerprint density at radius 3 is 2.48 bits per heavy atom. The van der Waals surface area contributed by atoms with Crippen LogP contribution in [0.2, 0.25) is 5.15 Å². The molecule has 0 saturated carbocycles. The summed E-state index contributed by atoms with van der Waals surface area (Å²) in [5, 5.41) is 5.49. The van der Waals surface area contributed by atoms with Gasteiger partial charge in [0.25, 0.3) is 0 Å². The number of methoxy groups -OCH3 is 1. The lowest BCUT2D eigenvalue weighted by Gasteiger charge is -2.22. The summed E-state index contributed by atoms with van der Waals surface area (Å²) < 4.78 is 36.9. The zero-order valence-corrected chi connectivity index (χ0v) is 18.9. The summed E-state index contributed by atoms with van der Waals surface area (Å²) in [7, 11) is -2.04. The first-order chi connectivity index (χ1) is 14.8. The average molecular weight is 460 g/mol. The molecule has 1 atom stereocenters. The Morgan fingerprint density at radius 1 is 1.13 bits per heavy atom. The number of sulfonamides is 1. The number of hydrogen-bond acceptors (Lipinski definition) is 6. The van der Waals surface area contributed by atoms with Crippen molar-refractivity contribution in [3.05, 3.63) is 64.8 Å². The highest BCUT2D eigenvalue weighted by Gasteiger charge is 2.36. The van der Waals surface area contributed by atoms with Crippen molar-refractivity contribution in [3.63, 3.8) is 0 Å². The summed E-state index contributed by atoms with van der Waals surface area (Å²) >= 11 is 6.50. The van der Waals surface area contributed by atoms with Crippen molar-refractivity contribution in [2.24, 2.45) is 5.10 Å². The standard InChI is InChI=1S/C22H22ClN3O4S/c1-4-30-17-9-10-19-15(11-17)12-18(22(23)24-19)21-13-20(25-26(21)31(3,27)28)14-5-7-16(29-2)8-6-14/h5-12,21H,4,13H2,1-3H3. The molecule has 0 amide bonds. The molecular formula is C22H22ClN3O4S. The summed E-state index contributed by atoms with van der Waals surface area (Å²) in [6.07, 6.45) is 1.51. The minimum Gasteiger partial charge on any atom is -0.497 e. The smallest absolute Gasteiger partial charge is 0.247 e. The lowest BCUT2D eigenvalue weighted by molar-refractivity contribution is 0.340. The summed E-state index contributed by atoms with van der Waals surface area (Å²) in [4.78, 5) is 4.48. The van der Waals surface area contributed by atoms with Gasteiger partial charge in [-0.3, -0.25) is 0 Å². The molecule has 0 N–H and O–H groups in total. The van der Waals surface area contributed by atoms with Crippen LogP contribution in [0.1, 0.15) is 30.5 Å². The van der Waals surface area contributed by atoms with Gasteiger partial charge in [-0.15, -0.1) is 0 Å². The first-order valence-corrected chi connectivity index (χ1v) is 12.0. The molecule has 0 fully saturated rings. The van der Waals surface area contributed by atoms with Crippen molar-refractivity contribution in [3.8, 4) is 11.5 Å². The van der Waals surface area contributed by atoms with E-state index in [1.54, 1.807) is 7.11 Å². The van der Waals surface area contributed by atoms with Gasteiger partial charge in [0.05, 0.1) is 37.2 Å². The zero-order valence-electron chi connectivity index (χ0n) is 17.4. The predicted molar refractivity (Wildman–Crippen MR) is 121 cm³/mol. The molecule has 7 nitrogen and oxygen atoms in total. The van der Waals surface area contributed by atoms with E-state index in [0.29, 0.717) is 41.3 Å². The summed E-state index contributed by atoms with van der Waals surface area (Å²) in [6.45, 7) is 2.46. The van der Waals surface area contributed by atoms with Crippen LogP contribution in [-0.2, 0) is 10.0 Å². The number of hydrazone groups is 1. The van der Waals surface area contributed by atoms with Crippen LogP contribution in [0, 0.1) is 0 Å². The van der Waals surface area contributed by atoms with Gasteiger partial charge in [0.2, 0.25) is 10.0 Å². The maximum Gasteiger partial charge on any atom is 0.247 e. The fraction of sp³-hybridized carbons (Fsp3) is 0.273. The number of nitrogens with zero attached hydrogens (tertiary/aromatic N) is 3. The van der Waals surface area contributed by atoms with Crippen molar-refractivity contribution in [2.75, 3.05) is 20.0 Å². The molecule has 4 rings (SSSR count). The summed E-state index contributed by atoms with van der Waals surface area (Å²) in [5.41, 5.74) is 2.77. The molecule has 1 aliphatic rings. The number of hydrogen-bond donors (Lipinski definition) is 0. The summed E-state index contributed by atoms with van der Waals surface area (Å²) in [5.74, 6) is 1.43. The third kappa shape index (κ3) is 4.31. The van der Waals surface area contributed by atoms with E-state index in [4.69, 9.17) is 21.1 Å². The normalized spacial score (nSPS) is 16.5. The SMILES string of the molecule is CCOc1ccc2nc(Cl)c(C3CC(c4ccc(OC)cc4)=NN3S(C)(=O)=O)cc2c1. The van der Waals surface area contributed by atoms with Crippen LogP contribution in [0.4, 0.5) is 0 Å². The number of benzene rings is 2. The number of pyridine rings is 1. The van der Waals surface area contributed by atoms with Gasteiger partial charge in [-0.25, -0.2) is 13.4 Å². The molecule has 31 heavy (non-hydrogen) atoms. The van der Waals surface area contributed by atoms with Crippen LogP contribution in [0.3, 0.4) is 0 Å². The molecule has 1 aromatic heterocycles. The molecule has 0 spiro atoms. The van der Waals surface area contributed by atoms with Crippen molar-refractivity contribution in [1.82, 2.24) is 9.40 Å². The van der Waals surface area contributed by atoms with E-state index >= 15 is 0 Å². The van der Waals surface area contributed by atoms with Gasteiger partial charge in [-0.2, -0.15) is 9.52 Å². The molecule has 162 valence electrons. The van der Waals surface area contributed by atoms with E-state index in [2.05, 4.69) is 10.1 Å². The Labute approximate surface area is 186 Å². The molecule has 2 aromatic carbocycles. The zero-order chi connectivity index (χ0) is 22.2. The van der Waals surface area contributed by atoms with E-state index < -0.39 is 16.1 Å². The van der Waals surface area contributed by atoms with Crippen molar-refractivity contribution in [2.45, 2.75) is 19.4 Å². The van der Waals surface area contributed by atoms with E-state index in [0.717, 1.165) is 21.6 Å². The maximum absolute atomic E-state index is 12.5. The molecule has 0 saturated heterocycles. The minimum atomic E-state index is -3.63. The van der Waals surface area contributed by atoms with Crippen molar-refractivity contribution >= 4 is 38.2 Å². The second-order valence-corrected chi connectivity index (χ2v) is 9.38. The van der Waals surface area contributed by atoms with Gasteiger partial charge >= 0.3 is 0 Å². The average Bonchev–Trinajstić information content (AvgIpc) is 3.19. The molecule has 0 radical (unpaired) electrons. The van der Waals surface area contributed by atoms with Crippen molar-refractivity contribution in [1.29, 1.82) is 0 Å². The fourth-order valence-corrected chi connectivity index (χ4v) is 4.79. The van der Waals surface area contributed by atoms with Gasteiger partial charge < -0.3 is 9.47 Å². The molecule has 1 aliphatic heterocycles. The Hall–Kier alpha value is -2.84. The van der Waals surface area contributed by atoms with Gasteiger partial charge in [-0.05, 0) is 61.0 Å². The predicted octanol–water partition coefficient (Wildman–Crippen LogP) is 4.41. The Bertz CT molecular complexity index is 1260. The molecule has 2 heterocycles. The molecule has 1 unspecified atom stereocenters. The van der Waals surface area contributed by atoms with Crippen LogP contribution in [-0.4, -0.2) is 43.5 Å². The van der Waals surface area contributed by atoms with Gasteiger partial charge in [-0.1, -0.05) is 11.6 Å². The highest BCUT2D eigenvalue weighted by molar-refractivity contribution is 7.88. The summed E-state index contributed by atoms with van der Waals surface area (Å²) in [6, 6.07) is 14.2. The lowest BCUT2D eigenvalue weighted by atomic mass is 9.99. The molecule has 9 heteroatoms. The van der Waals surface area contributed by atoms with E-state index in [1.165, 1.54) is 0 Å². The van der Waals surface area contributed by atoms with Gasteiger partial charge in [0.1, 0.15) is 16.7 Å². The molecule has 0 aliphatic carbocycles.